The fourth-order valence-electron chi connectivity index (χ4n) is 4.82. The van der Waals surface area contributed by atoms with Crippen LogP contribution in [0.5, 0.6) is 0 Å². The monoisotopic (exact) mass is 482 g/mol. The van der Waals surface area contributed by atoms with Crippen LogP contribution < -0.4 is 5.32 Å². The SMILES string of the molecule is CCCC1SCC(C(=O)O)N1C(=O)[C@@H](CC)NC(=O)OCC1c2ccccc2-c2ccccc21. The third-order valence-corrected chi connectivity index (χ3v) is 7.87. The molecule has 0 aromatic heterocycles. The quantitative estimate of drug-likeness (QED) is 0.577. The Hall–Kier alpha value is -3.00. The van der Waals surface area contributed by atoms with Crippen LogP contribution in [0.3, 0.4) is 0 Å². The van der Waals surface area contributed by atoms with Crippen LogP contribution in [0.4, 0.5) is 4.79 Å². The lowest BCUT2D eigenvalue weighted by Crippen LogP contribution is -2.54. The zero-order valence-corrected chi connectivity index (χ0v) is 20.2. The minimum absolute atomic E-state index is 0.0748. The van der Waals surface area contributed by atoms with Gasteiger partial charge in [-0.05, 0) is 35.1 Å². The maximum absolute atomic E-state index is 13.3. The van der Waals surface area contributed by atoms with E-state index in [1.54, 1.807) is 6.92 Å². The summed E-state index contributed by atoms with van der Waals surface area (Å²) in [6, 6.07) is 14.5. The first-order chi connectivity index (χ1) is 16.5. The first kappa shape index (κ1) is 24.1. The number of carbonyl (C=O) groups excluding carboxylic acids is 2. The van der Waals surface area contributed by atoms with Crippen molar-refractivity contribution in [3.8, 4) is 11.1 Å². The van der Waals surface area contributed by atoms with Gasteiger partial charge in [0.2, 0.25) is 5.91 Å². The summed E-state index contributed by atoms with van der Waals surface area (Å²) in [4.78, 5) is 39.2. The van der Waals surface area contributed by atoms with Gasteiger partial charge >= 0.3 is 12.1 Å². The van der Waals surface area contributed by atoms with Gasteiger partial charge in [0, 0.05) is 11.7 Å². The standard InChI is InChI=1S/C26H30N2O5S/c1-3-9-23-28(22(15-34-23)25(30)31)24(29)21(4-2)27-26(32)33-14-20-18-12-7-5-10-16(18)17-11-6-8-13-19(17)20/h5-8,10-13,20-23H,3-4,9,14-15H2,1-2H3,(H,27,32)(H,30,31)/t21-,22?,23?/m1/s1. The Morgan fingerprint density at radius 3 is 2.26 bits per heavy atom. The Bertz CT molecular complexity index is 1030. The van der Waals surface area contributed by atoms with E-state index in [-0.39, 0.29) is 23.8 Å². The van der Waals surface area contributed by atoms with Crippen molar-refractivity contribution in [3.05, 3.63) is 59.7 Å². The van der Waals surface area contributed by atoms with Crippen molar-refractivity contribution in [3.63, 3.8) is 0 Å². The molecule has 3 atom stereocenters. The molecular weight excluding hydrogens is 452 g/mol. The number of rotatable bonds is 8. The number of amides is 2. The fourth-order valence-corrected chi connectivity index (χ4v) is 6.34. The molecule has 2 aromatic rings. The minimum Gasteiger partial charge on any atom is -0.480 e. The second-order valence-electron chi connectivity index (χ2n) is 8.61. The number of hydrogen-bond donors (Lipinski definition) is 2. The number of aliphatic carboxylic acids is 1. The number of fused-ring (bicyclic) bond motifs is 3. The number of ether oxygens (including phenoxy) is 1. The molecule has 2 aromatic carbocycles. The summed E-state index contributed by atoms with van der Waals surface area (Å²) in [5.74, 6) is -1.11. The number of nitrogens with one attached hydrogen (secondary N) is 1. The smallest absolute Gasteiger partial charge is 0.407 e. The van der Waals surface area contributed by atoms with E-state index in [0.29, 0.717) is 18.6 Å². The summed E-state index contributed by atoms with van der Waals surface area (Å²) < 4.78 is 5.59. The molecule has 2 N–H and O–H groups in total. The van der Waals surface area contributed by atoms with Gasteiger partial charge in [-0.15, -0.1) is 11.8 Å². The highest BCUT2D eigenvalue weighted by Gasteiger charge is 2.43. The van der Waals surface area contributed by atoms with Crippen molar-refractivity contribution in [2.75, 3.05) is 12.4 Å². The molecule has 1 aliphatic carbocycles. The number of benzene rings is 2. The molecule has 4 rings (SSSR count). The van der Waals surface area contributed by atoms with Gasteiger partial charge in [0.15, 0.2) is 0 Å². The Kier molecular flexibility index (Phi) is 7.46. The summed E-state index contributed by atoms with van der Waals surface area (Å²) in [5.41, 5.74) is 4.50. The lowest BCUT2D eigenvalue weighted by molar-refractivity contribution is -0.150. The molecule has 2 amide bonds. The molecule has 2 aliphatic rings. The van der Waals surface area contributed by atoms with Crippen LogP contribution in [0.1, 0.15) is 50.2 Å². The number of carboxylic acid groups (broad SMARTS) is 1. The summed E-state index contributed by atoms with van der Waals surface area (Å²) >= 11 is 1.48. The first-order valence-electron chi connectivity index (χ1n) is 11.7. The Morgan fingerprint density at radius 1 is 1.09 bits per heavy atom. The van der Waals surface area contributed by atoms with Gasteiger partial charge in [-0.2, -0.15) is 0 Å². The third kappa shape index (κ3) is 4.64. The van der Waals surface area contributed by atoms with Crippen LogP contribution in [0, 0.1) is 0 Å². The van der Waals surface area contributed by atoms with Gasteiger partial charge in [0.25, 0.3) is 0 Å². The highest BCUT2D eigenvalue weighted by molar-refractivity contribution is 8.00. The summed E-state index contributed by atoms with van der Waals surface area (Å²) in [6.45, 7) is 3.95. The predicted molar refractivity (Wildman–Crippen MR) is 132 cm³/mol. The van der Waals surface area contributed by atoms with Gasteiger partial charge in [-0.3, -0.25) is 4.79 Å². The van der Waals surface area contributed by atoms with E-state index in [4.69, 9.17) is 4.74 Å². The molecule has 1 aliphatic heterocycles. The molecule has 2 unspecified atom stereocenters. The van der Waals surface area contributed by atoms with Crippen LogP contribution in [0.15, 0.2) is 48.5 Å². The van der Waals surface area contributed by atoms with E-state index in [1.165, 1.54) is 16.7 Å². The predicted octanol–water partition coefficient (Wildman–Crippen LogP) is 4.46. The zero-order chi connectivity index (χ0) is 24.2. The number of thioether (sulfide) groups is 1. The van der Waals surface area contributed by atoms with Crippen molar-refractivity contribution in [2.24, 2.45) is 0 Å². The molecule has 1 heterocycles. The average Bonchev–Trinajstić information content (AvgIpc) is 3.40. The van der Waals surface area contributed by atoms with Crippen LogP contribution in [0.25, 0.3) is 11.1 Å². The molecule has 0 spiro atoms. The van der Waals surface area contributed by atoms with E-state index in [9.17, 15) is 19.5 Å². The normalized spacial score (nSPS) is 19.9. The van der Waals surface area contributed by atoms with Gasteiger partial charge in [0.1, 0.15) is 18.7 Å². The minimum atomic E-state index is -1.02. The molecule has 1 saturated heterocycles. The third-order valence-electron chi connectivity index (χ3n) is 6.51. The van der Waals surface area contributed by atoms with E-state index >= 15 is 0 Å². The second kappa shape index (κ2) is 10.5. The topological polar surface area (TPSA) is 95.9 Å². The van der Waals surface area contributed by atoms with Crippen molar-refractivity contribution in [1.29, 1.82) is 0 Å². The van der Waals surface area contributed by atoms with Crippen LogP contribution in [-0.4, -0.2) is 57.8 Å². The van der Waals surface area contributed by atoms with Gasteiger partial charge in [0.05, 0.1) is 5.37 Å². The average molecular weight is 483 g/mol. The van der Waals surface area contributed by atoms with Gasteiger partial charge < -0.3 is 20.1 Å². The van der Waals surface area contributed by atoms with E-state index in [2.05, 4.69) is 17.4 Å². The molecule has 0 bridgehead atoms. The lowest BCUT2D eigenvalue weighted by atomic mass is 9.98. The Morgan fingerprint density at radius 2 is 1.71 bits per heavy atom. The summed E-state index contributed by atoms with van der Waals surface area (Å²) in [5, 5.41) is 12.1. The maximum Gasteiger partial charge on any atom is 0.407 e. The number of carboxylic acids is 1. The van der Waals surface area contributed by atoms with E-state index in [0.717, 1.165) is 28.7 Å². The van der Waals surface area contributed by atoms with Gasteiger partial charge in [-0.1, -0.05) is 68.8 Å². The molecule has 7 nitrogen and oxygen atoms in total. The van der Waals surface area contributed by atoms with Crippen LogP contribution in [0.2, 0.25) is 0 Å². The van der Waals surface area contributed by atoms with Crippen LogP contribution in [-0.2, 0) is 14.3 Å². The molecule has 34 heavy (non-hydrogen) atoms. The largest absolute Gasteiger partial charge is 0.480 e. The number of alkyl carbamates (subject to hydrolysis) is 1. The molecule has 0 saturated carbocycles. The summed E-state index contributed by atoms with van der Waals surface area (Å²) in [7, 11) is 0. The maximum atomic E-state index is 13.3. The number of nitrogens with zero attached hydrogens (tertiary/aromatic N) is 1. The molecule has 8 heteroatoms. The molecule has 180 valence electrons. The second-order valence-corrected chi connectivity index (χ2v) is 9.82. The van der Waals surface area contributed by atoms with Crippen LogP contribution >= 0.6 is 11.8 Å². The van der Waals surface area contributed by atoms with Crippen molar-refractivity contribution in [2.45, 2.75) is 56.5 Å². The Balaban J connectivity index is 1.43. The highest BCUT2D eigenvalue weighted by Crippen LogP contribution is 2.44. The number of hydrogen-bond acceptors (Lipinski definition) is 5. The lowest BCUT2D eigenvalue weighted by Gasteiger charge is -2.30. The summed E-state index contributed by atoms with van der Waals surface area (Å²) in [6.07, 6.45) is 1.22. The van der Waals surface area contributed by atoms with Gasteiger partial charge in [-0.25, -0.2) is 9.59 Å². The first-order valence-corrected chi connectivity index (χ1v) is 12.8. The fraction of sp³-hybridized carbons (Fsp3) is 0.423. The molecular formula is C26H30N2O5S. The molecule has 1 fully saturated rings. The van der Waals surface area contributed by atoms with Crippen molar-refractivity contribution < 1.29 is 24.2 Å². The van der Waals surface area contributed by atoms with E-state index in [1.807, 2.05) is 43.3 Å². The van der Waals surface area contributed by atoms with Crippen molar-refractivity contribution >= 4 is 29.7 Å². The van der Waals surface area contributed by atoms with Crippen molar-refractivity contribution in [1.82, 2.24) is 10.2 Å². The number of carbonyl (C=O) groups is 3. The highest BCUT2D eigenvalue weighted by atomic mass is 32.2. The molecule has 0 radical (unpaired) electrons. The Labute approximate surface area is 203 Å². The van der Waals surface area contributed by atoms with E-state index < -0.39 is 24.1 Å². The zero-order valence-electron chi connectivity index (χ0n) is 19.4.